The SMILES string of the molecule is O=C1C=Nc2cc3c(cc21)C1CCCC3N1. The summed E-state index contributed by atoms with van der Waals surface area (Å²) in [5.74, 6) is 0.0549. The van der Waals surface area contributed by atoms with Gasteiger partial charge in [0.2, 0.25) is 5.78 Å². The van der Waals surface area contributed by atoms with Crippen molar-refractivity contribution < 1.29 is 4.79 Å². The maximum Gasteiger partial charge on any atom is 0.206 e. The van der Waals surface area contributed by atoms with E-state index in [9.17, 15) is 4.79 Å². The summed E-state index contributed by atoms with van der Waals surface area (Å²) in [5, 5.41) is 3.61. The highest BCUT2D eigenvalue weighted by Crippen LogP contribution is 2.45. The zero-order valence-corrected chi connectivity index (χ0v) is 8.86. The molecule has 0 saturated carbocycles. The highest BCUT2D eigenvalue weighted by Gasteiger charge is 2.35. The van der Waals surface area contributed by atoms with Gasteiger partial charge in [-0.1, -0.05) is 0 Å². The molecule has 3 aliphatic heterocycles. The molecule has 80 valence electrons. The van der Waals surface area contributed by atoms with Crippen molar-refractivity contribution in [3.8, 4) is 0 Å². The minimum atomic E-state index is 0.0549. The van der Waals surface area contributed by atoms with Crippen molar-refractivity contribution in [3.05, 3.63) is 28.8 Å². The number of aliphatic imine (C=N–C) groups is 1. The van der Waals surface area contributed by atoms with E-state index in [2.05, 4.69) is 22.4 Å². The van der Waals surface area contributed by atoms with Gasteiger partial charge in [0, 0.05) is 17.6 Å². The summed E-state index contributed by atoms with van der Waals surface area (Å²) < 4.78 is 0. The number of hydrogen-bond acceptors (Lipinski definition) is 3. The first-order chi connectivity index (χ1) is 7.83. The van der Waals surface area contributed by atoms with Crippen LogP contribution in [0.2, 0.25) is 0 Å². The fourth-order valence-corrected chi connectivity index (χ4v) is 3.15. The second-order valence-corrected chi connectivity index (χ2v) is 4.82. The Hall–Kier alpha value is -1.48. The minimum absolute atomic E-state index is 0.0549. The lowest BCUT2D eigenvalue weighted by molar-refractivity contribution is 0.107. The van der Waals surface area contributed by atoms with E-state index in [4.69, 9.17) is 0 Å². The Morgan fingerprint density at radius 1 is 1.19 bits per heavy atom. The van der Waals surface area contributed by atoms with E-state index in [1.807, 2.05) is 0 Å². The van der Waals surface area contributed by atoms with Crippen LogP contribution in [0, 0.1) is 0 Å². The normalized spacial score (nSPS) is 29.4. The van der Waals surface area contributed by atoms with Gasteiger partial charge in [0.25, 0.3) is 0 Å². The molecular weight excluding hydrogens is 200 g/mol. The van der Waals surface area contributed by atoms with Gasteiger partial charge in [-0.15, -0.1) is 0 Å². The Morgan fingerprint density at radius 2 is 1.94 bits per heavy atom. The molecule has 0 radical (unpaired) electrons. The van der Waals surface area contributed by atoms with E-state index < -0.39 is 0 Å². The smallest absolute Gasteiger partial charge is 0.206 e. The number of carbonyl (C=O) groups excluding carboxylic acids is 1. The highest BCUT2D eigenvalue weighted by molar-refractivity contribution is 6.40. The van der Waals surface area contributed by atoms with Crippen LogP contribution in [0.4, 0.5) is 5.69 Å². The topological polar surface area (TPSA) is 41.5 Å². The fraction of sp³-hybridized carbons (Fsp3) is 0.385. The largest absolute Gasteiger partial charge is 0.303 e. The van der Waals surface area contributed by atoms with Crippen LogP contribution in [0.1, 0.15) is 52.8 Å². The van der Waals surface area contributed by atoms with E-state index in [-0.39, 0.29) is 5.78 Å². The molecule has 1 aromatic carbocycles. The molecule has 1 fully saturated rings. The van der Waals surface area contributed by atoms with Crippen molar-refractivity contribution in [2.45, 2.75) is 31.3 Å². The molecule has 2 bridgehead atoms. The number of piperidine rings is 1. The molecule has 16 heavy (non-hydrogen) atoms. The number of carbonyl (C=O) groups is 1. The molecule has 3 aliphatic rings. The molecule has 2 unspecified atom stereocenters. The van der Waals surface area contributed by atoms with Gasteiger partial charge in [0.1, 0.15) is 0 Å². The Morgan fingerprint density at radius 3 is 2.75 bits per heavy atom. The summed E-state index contributed by atoms with van der Waals surface area (Å²) in [5.41, 5.74) is 4.35. The zero-order valence-electron chi connectivity index (χ0n) is 8.86. The first-order valence-corrected chi connectivity index (χ1v) is 5.85. The molecule has 3 nitrogen and oxygen atoms in total. The maximum atomic E-state index is 11.6. The van der Waals surface area contributed by atoms with Crippen molar-refractivity contribution >= 4 is 17.7 Å². The molecule has 1 N–H and O–H groups in total. The van der Waals surface area contributed by atoms with Crippen LogP contribution in [0.5, 0.6) is 0 Å². The van der Waals surface area contributed by atoms with Gasteiger partial charge in [0.05, 0.1) is 11.9 Å². The molecule has 1 saturated heterocycles. The lowest BCUT2D eigenvalue weighted by Crippen LogP contribution is -2.22. The average Bonchev–Trinajstić information content (AvgIpc) is 2.79. The van der Waals surface area contributed by atoms with Crippen LogP contribution in [0.15, 0.2) is 17.1 Å². The number of hydrogen-bond donors (Lipinski definition) is 1. The number of nitrogens with zero attached hydrogens (tertiary/aromatic N) is 1. The summed E-state index contributed by atoms with van der Waals surface area (Å²) in [4.78, 5) is 15.8. The summed E-state index contributed by atoms with van der Waals surface area (Å²) >= 11 is 0. The van der Waals surface area contributed by atoms with Crippen molar-refractivity contribution in [2.75, 3.05) is 0 Å². The predicted molar refractivity (Wildman–Crippen MR) is 61.4 cm³/mol. The third kappa shape index (κ3) is 0.964. The standard InChI is InChI=1S/C13H12N2O/c16-13-6-14-12-5-8-7(4-9(12)13)10-2-1-3-11(8)15-10/h4-6,10-11,15H,1-3H2. The Balaban J connectivity index is 1.95. The third-order valence-corrected chi connectivity index (χ3v) is 3.93. The van der Waals surface area contributed by atoms with Gasteiger partial charge in [-0.25, -0.2) is 0 Å². The number of Topliss-reactive ketones (excluding diaryl/α,β-unsaturated/α-hetero) is 1. The average molecular weight is 212 g/mol. The van der Waals surface area contributed by atoms with Gasteiger partial charge in [0.15, 0.2) is 0 Å². The van der Waals surface area contributed by atoms with E-state index in [0.29, 0.717) is 12.1 Å². The Kier molecular flexibility index (Phi) is 1.51. The van der Waals surface area contributed by atoms with Gasteiger partial charge >= 0.3 is 0 Å². The quantitative estimate of drug-likeness (QED) is 0.717. The minimum Gasteiger partial charge on any atom is -0.303 e. The van der Waals surface area contributed by atoms with Crippen LogP contribution in [0.3, 0.4) is 0 Å². The van der Waals surface area contributed by atoms with Gasteiger partial charge in [-0.3, -0.25) is 9.79 Å². The van der Waals surface area contributed by atoms with Crippen LogP contribution < -0.4 is 5.32 Å². The van der Waals surface area contributed by atoms with Crippen molar-refractivity contribution in [1.82, 2.24) is 5.32 Å². The molecule has 0 aliphatic carbocycles. The molecule has 0 aromatic heterocycles. The lowest BCUT2D eigenvalue weighted by atomic mass is 9.98. The Labute approximate surface area is 93.6 Å². The van der Waals surface area contributed by atoms with Gasteiger partial charge in [-0.05, 0) is 42.5 Å². The van der Waals surface area contributed by atoms with E-state index in [1.165, 1.54) is 36.6 Å². The lowest BCUT2D eigenvalue weighted by Gasteiger charge is -2.20. The van der Waals surface area contributed by atoms with Crippen molar-refractivity contribution in [2.24, 2.45) is 4.99 Å². The van der Waals surface area contributed by atoms with Crippen molar-refractivity contribution in [1.29, 1.82) is 0 Å². The molecule has 4 rings (SSSR count). The van der Waals surface area contributed by atoms with Gasteiger partial charge < -0.3 is 5.32 Å². The first-order valence-electron chi connectivity index (χ1n) is 5.85. The second-order valence-electron chi connectivity index (χ2n) is 4.82. The van der Waals surface area contributed by atoms with E-state index in [1.54, 1.807) is 0 Å². The van der Waals surface area contributed by atoms with Crippen LogP contribution in [0.25, 0.3) is 0 Å². The summed E-state index contributed by atoms with van der Waals surface area (Å²) in [7, 11) is 0. The number of ketones is 1. The van der Waals surface area contributed by atoms with E-state index in [0.717, 1.165) is 11.3 Å². The molecule has 1 aromatic rings. The van der Waals surface area contributed by atoms with Crippen LogP contribution >= 0.6 is 0 Å². The van der Waals surface area contributed by atoms with Crippen LogP contribution in [-0.2, 0) is 0 Å². The molecular formula is C13H12N2O. The summed E-state index contributed by atoms with van der Waals surface area (Å²) in [6.45, 7) is 0. The number of fused-ring (bicyclic) bond motifs is 6. The molecule has 0 amide bonds. The fourth-order valence-electron chi connectivity index (χ4n) is 3.15. The van der Waals surface area contributed by atoms with Crippen molar-refractivity contribution in [3.63, 3.8) is 0 Å². The third-order valence-electron chi connectivity index (χ3n) is 3.93. The monoisotopic (exact) mass is 212 g/mol. The second kappa shape index (κ2) is 2.80. The Bertz CT molecular complexity index is 533. The first kappa shape index (κ1) is 8.65. The summed E-state index contributed by atoms with van der Waals surface area (Å²) in [6, 6.07) is 5.12. The summed E-state index contributed by atoms with van der Waals surface area (Å²) in [6.07, 6.45) is 5.11. The van der Waals surface area contributed by atoms with Crippen LogP contribution in [-0.4, -0.2) is 12.0 Å². The number of rotatable bonds is 0. The molecule has 0 spiro atoms. The van der Waals surface area contributed by atoms with Gasteiger partial charge in [-0.2, -0.15) is 0 Å². The molecule has 2 atom stereocenters. The predicted octanol–water partition coefficient (Wildman–Crippen LogP) is 2.45. The number of nitrogens with one attached hydrogen (secondary N) is 1. The maximum absolute atomic E-state index is 11.6. The van der Waals surface area contributed by atoms with E-state index >= 15 is 0 Å². The molecule has 3 heteroatoms. The molecule has 3 heterocycles. The highest BCUT2D eigenvalue weighted by atomic mass is 16.1. The zero-order chi connectivity index (χ0) is 10.7. The number of benzene rings is 1.